The van der Waals surface area contributed by atoms with Gasteiger partial charge in [-0.25, -0.2) is 4.98 Å². The lowest BCUT2D eigenvalue weighted by atomic mass is 9.99. The maximum absolute atomic E-state index is 12.3. The Hall–Kier alpha value is -1.80. The largest absolute Gasteiger partial charge is 0.381 e. The van der Waals surface area contributed by atoms with Crippen molar-refractivity contribution in [3.8, 4) is 0 Å². The fourth-order valence-electron chi connectivity index (χ4n) is 3.64. The summed E-state index contributed by atoms with van der Waals surface area (Å²) in [6, 6.07) is 0.152. The van der Waals surface area contributed by atoms with Gasteiger partial charge in [-0.1, -0.05) is 0 Å². The standard InChI is InChI=1S/C17H23N5O2S/c1-11-18-14(10-25-11)17(23)19-13-2-3-15-20-21-16(22(15)7-4-13)12-5-8-24-9-6-12/h10,12-13H,2-9H2,1H3,(H,19,23). The van der Waals surface area contributed by atoms with Crippen LogP contribution < -0.4 is 5.32 Å². The number of nitrogens with one attached hydrogen (secondary N) is 1. The van der Waals surface area contributed by atoms with Crippen LogP contribution in [0.2, 0.25) is 0 Å². The molecule has 0 saturated carbocycles. The minimum Gasteiger partial charge on any atom is -0.381 e. The zero-order chi connectivity index (χ0) is 17.2. The molecule has 2 aliphatic rings. The molecule has 1 saturated heterocycles. The van der Waals surface area contributed by atoms with Crippen molar-refractivity contribution < 1.29 is 9.53 Å². The molecular formula is C17H23N5O2S. The highest BCUT2D eigenvalue weighted by molar-refractivity contribution is 7.09. The van der Waals surface area contributed by atoms with E-state index in [1.54, 1.807) is 0 Å². The van der Waals surface area contributed by atoms with Gasteiger partial charge in [0.2, 0.25) is 0 Å². The first kappa shape index (κ1) is 16.7. The number of carbonyl (C=O) groups is 1. The first-order chi connectivity index (χ1) is 12.2. The van der Waals surface area contributed by atoms with Crippen LogP contribution >= 0.6 is 11.3 Å². The molecule has 1 unspecified atom stereocenters. The van der Waals surface area contributed by atoms with E-state index in [0.717, 1.165) is 68.5 Å². The lowest BCUT2D eigenvalue weighted by molar-refractivity contribution is 0.0826. The molecule has 1 atom stereocenters. The smallest absolute Gasteiger partial charge is 0.270 e. The molecule has 0 aromatic carbocycles. The van der Waals surface area contributed by atoms with Gasteiger partial charge in [0.05, 0.1) is 5.01 Å². The van der Waals surface area contributed by atoms with E-state index in [4.69, 9.17) is 4.74 Å². The highest BCUT2D eigenvalue weighted by Crippen LogP contribution is 2.27. The first-order valence-corrected chi connectivity index (χ1v) is 9.81. The predicted molar refractivity (Wildman–Crippen MR) is 93.9 cm³/mol. The van der Waals surface area contributed by atoms with Crippen molar-refractivity contribution in [2.24, 2.45) is 0 Å². The summed E-state index contributed by atoms with van der Waals surface area (Å²) in [5, 5.41) is 14.7. The summed E-state index contributed by atoms with van der Waals surface area (Å²) in [4.78, 5) is 16.6. The van der Waals surface area contributed by atoms with Gasteiger partial charge in [-0.05, 0) is 32.6 Å². The van der Waals surface area contributed by atoms with Gasteiger partial charge in [0.25, 0.3) is 5.91 Å². The number of amides is 1. The van der Waals surface area contributed by atoms with Crippen molar-refractivity contribution >= 4 is 17.2 Å². The van der Waals surface area contributed by atoms with E-state index in [1.165, 1.54) is 11.3 Å². The average molecular weight is 361 g/mol. The van der Waals surface area contributed by atoms with Crippen molar-refractivity contribution in [1.29, 1.82) is 0 Å². The Kier molecular flexibility index (Phi) is 4.80. The second kappa shape index (κ2) is 7.21. The topological polar surface area (TPSA) is 81.9 Å². The maximum atomic E-state index is 12.3. The van der Waals surface area contributed by atoms with Crippen LogP contribution in [0, 0.1) is 6.92 Å². The third-order valence-electron chi connectivity index (χ3n) is 5.05. The monoisotopic (exact) mass is 361 g/mol. The van der Waals surface area contributed by atoms with Gasteiger partial charge < -0.3 is 14.6 Å². The molecule has 0 bridgehead atoms. The van der Waals surface area contributed by atoms with Gasteiger partial charge in [-0.15, -0.1) is 21.5 Å². The molecule has 2 aromatic rings. The third kappa shape index (κ3) is 3.59. The quantitative estimate of drug-likeness (QED) is 0.905. The molecule has 8 heteroatoms. The fourth-order valence-corrected chi connectivity index (χ4v) is 4.23. The highest BCUT2D eigenvalue weighted by atomic mass is 32.1. The van der Waals surface area contributed by atoms with E-state index in [1.807, 2.05) is 12.3 Å². The van der Waals surface area contributed by atoms with Crippen LogP contribution in [0.4, 0.5) is 0 Å². The Balaban J connectivity index is 1.41. The van der Waals surface area contributed by atoms with Crippen molar-refractivity contribution in [2.75, 3.05) is 13.2 Å². The summed E-state index contributed by atoms with van der Waals surface area (Å²) in [6.07, 6.45) is 4.66. The number of aromatic nitrogens is 4. The fraction of sp³-hybridized carbons (Fsp3) is 0.647. The summed E-state index contributed by atoms with van der Waals surface area (Å²) in [5.41, 5.74) is 0.522. The minimum absolute atomic E-state index is 0.0725. The Labute approximate surface area is 150 Å². The lowest BCUT2D eigenvalue weighted by Crippen LogP contribution is -2.35. The summed E-state index contributed by atoms with van der Waals surface area (Å²) in [6.45, 7) is 4.38. The van der Waals surface area contributed by atoms with Crippen LogP contribution in [-0.4, -0.2) is 44.9 Å². The van der Waals surface area contributed by atoms with Gasteiger partial charge in [-0.3, -0.25) is 4.79 Å². The highest BCUT2D eigenvalue weighted by Gasteiger charge is 2.27. The van der Waals surface area contributed by atoms with E-state index in [2.05, 4.69) is 25.1 Å². The first-order valence-electron chi connectivity index (χ1n) is 8.93. The van der Waals surface area contributed by atoms with E-state index in [9.17, 15) is 4.79 Å². The number of hydrogen-bond acceptors (Lipinski definition) is 6. The Morgan fingerprint density at radius 3 is 2.88 bits per heavy atom. The molecule has 4 rings (SSSR count). The van der Waals surface area contributed by atoms with E-state index >= 15 is 0 Å². The molecule has 4 heterocycles. The van der Waals surface area contributed by atoms with Crippen LogP contribution in [-0.2, 0) is 17.7 Å². The van der Waals surface area contributed by atoms with Crippen LogP contribution in [0.15, 0.2) is 5.38 Å². The van der Waals surface area contributed by atoms with Crippen molar-refractivity contribution in [2.45, 2.75) is 57.5 Å². The molecule has 7 nitrogen and oxygen atoms in total. The van der Waals surface area contributed by atoms with Crippen LogP contribution in [0.25, 0.3) is 0 Å². The third-order valence-corrected chi connectivity index (χ3v) is 5.82. The van der Waals surface area contributed by atoms with Crippen LogP contribution in [0.3, 0.4) is 0 Å². The molecule has 2 aromatic heterocycles. The SMILES string of the molecule is Cc1nc(C(=O)NC2CCc3nnc(C4CCOCC4)n3CC2)cs1. The Morgan fingerprint density at radius 2 is 2.12 bits per heavy atom. The molecule has 0 radical (unpaired) electrons. The summed E-state index contributed by atoms with van der Waals surface area (Å²) in [7, 11) is 0. The van der Waals surface area contributed by atoms with Gasteiger partial charge in [0.1, 0.15) is 17.3 Å². The van der Waals surface area contributed by atoms with E-state index in [-0.39, 0.29) is 11.9 Å². The number of ether oxygens (including phenoxy) is 1. The van der Waals surface area contributed by atoms with Crippen molar-refractivity contribution in [1.82, 2.24) is 25.1 Å². The van der Waals surface area contributed by atoms with Crippen LogP contribution in [0.1, 0.15) is 58.7 Å². The zero-order valence-corrected chi connectivity index (χ0v) is 15.2. The molecule has 25 heavy (non-hydrogen) atoms. The number of nitrogens with zero attached hydrogens (tertiary/aromatic N) is 4. The normalized spacial score (nSPS) is 21.6. The van der Waals surface area contributed by atoms with Gasteiger partial charge >= 0.3 is 0 Å². The zero-order valence-electron chi connectivity index (χ0n) is 14.4. The van der Waals surface area contributed by atoms with E-state index < -0.39 is 0 Å². The number of rotatable bonds is 3. The number of thiazole rings is 1. The molecule has 0 spiro atoms. The van der Waals surface area contributed by atoms with E-state index in [0.29, 0.717) is 11.6 Å². The van der Waals surface area contributed by atoms with Crippen LogP contribution in [0.5, 0.6) is 0 Å². The van der Waals surface area contributed by atoms with Crippen molar-refractivity contribution in [3.05, 3.63) is 27.7 Å². The number of fused-ring (bicyclic) bond motifs is 1. The van der Waals surface area contributed by atoms with Crippen molar-refractivity contribution in [3.63, 3.8) is 0 Å². The second-order valence-electron chi connectivity index (χ2n) is 6.76. The molecule has 2 aliphatic heterocycles. The lowest BCUT2D eigenvalue weighted by Gasteiger charge is -2.22. The summed E-state index contributed by atoms with van der Waals surface area (Å²) in [5.74, 6) is 2.51. The van der Waals surface area contributed by atoms with Gasteiger partial charge in [-0.2, -0.15) is 0 Å². The number of aryl methyl sites for hydroxylation is 2. The molecule has 1 fully saturated rings. The number of carbonyl (C=O) groups excluding carboxylic acids is 1. The maximum Gasteiger partial charge on any atom is 0.270 e. The average Bonchev–Trinajstić information content (AvgIpc) is 3.19. The molecule has 134 valence electrons. The molecular weight excluding hydrogens is 338 g/mol. The van der Waals surface area contributed by atoms with Gasteiger partial charge in [0, 0.05) is 43.5 Å². The number of hydrogen-bond donors (Lipinski definition) is 1. The second-order valence-corrected chi connectivity index (χ2v) is 7.82. The van der Waals surface area contributed by atoms with Gasteiger partial charge in [0.15, 0.2) is 0 Å². The minimum atomic E-state index is -0.0725. The summed E-state index contributed by atoms with van der Waals surface area (Å²) < 4.78 is 7.73. The predicted octanol–water partition coefficient (Wildman–Crippen LogP) is 2.07. The summed E-state index contributed by atoms with van der Waals surface area (Å²) >= 11 is 1.50. The molecule has 0 aliphatic carbocycles. The Bertz CT molecular complexity index is 750. The molecule has 1 N–H and O–H groups in total. The Morgan fingerprint density at radius 1 is 1.28 bits per heavy atom. The molecule has 1 amide bonds.